The van der Waals surface area contributed by atoms with E-state index in [1.54, 1.807) is 0 Å². The molecule has 3 atom stereocenters. The van der Waals surface area contributed by atoms with Crippen LogP contribution in [0.1, 0.15) is 59.3 Å². The van der Waals surface area contributed by atoms with Gasteiger partial charge in [0.25, 0.3) is 0 Å². The highest BCUT2D eigenvalue weighted by Gasteiger charge is 2.39. The maximum Gasteiger partial charge on any atom is 0.0700 e. The van der Waals surface area contributed by atoms with Crippen LogP contribution in [0.5, 0.6) is 0 Å². The van der Waals surface area contributed by atoms with Crippen LogP contribution in [-0.4, -0.2) is 42.8 Å². The van der Waals surface area contributed by atoms with Crippen molar-refractivity contribution in [3.63, 3.8) is 0 Å². The molecule has 2 aliphatic rings. The van der Waals surface area contributed by atoms with Gasteiger partial charge in [0.2, 0.25) is 0 Å². The highest BCUT2D eigenvalue weighted by atomic mass is 16.5. The van der Waals surface area contributed by atoms with E-state index in [2.05, 4.69) is 25.7 Å². The monoisotopic (exact) mass is 282 g/mol. The summed E-state index contributed by atoms with van der Waals surface area (Å²) >= 11 is 0. The van der Waals surface area contributed by atoms with Gasteiger partial charge in [0.05, 0.1) is 12.7 Å². The molecule has 1 aliphatic heterocycles. The highest BCUT2D eigenvalue weighted by molar-refractivity contribution is 4.96. The first-order chi connectivity index (χ1) is 9.61. The fraction of sp³-hybridized carbons (Fsp3) is 1.00. The Morgan fingerprint density at radius 2 is 2.10 bits per heavy atom. The molecule has 0 aromatic carbocycles. The van der Waals surface area contributed by atoms with Gasteiger partial charge in [-0.15, -0.1) is 0 Å². The minimum absolute atomic E-state index is 0.251. The third-order valence-electron chi connectivity index (χ3n) is 5.79. The molecule has 3 nitrogen and oxygen atoms in total. The second-order valence-electron chi connectivity index (χ2n) is 7.21. The number of nitrogens with two attached hydrogens (primary N) is 1. The van der Waals surface area contributed by atoms with Crippen molar-refractivity contribution in [2.24, 2.45) is 17.6 Å². The van der Waals surface area contributed by atoms with E-state index in [4.69, 9.17) is 10.5 Å². The molecule has 0 aromatic rings. The largest absolute Gasteiger partial charge is 0.376 e. The third-order valence-corrected chi connectivity index (χ3v) is 5.79. The van der Waals surface area contributed by atoms with E-state index in [9.17, 15) is 0 Å². The van der Waals surface area contributed by atoms with Crippen molar-refractivity contribution in [3.05, 3.63) is 0 Å². The van der Waals surface area contributed by atoms with Crippen LogP contribution < -0.4 is 5.73 Å². The molecule has 20 heavy (non-hydrogen) atoms. The summed E-state index contributed by atoms with van der Waals surface area (Å²) in [7, 11) is 0. The molecule has 1 saturated heterocycles. The maximum absolute atomic E-state index is 6.26. The van der Waals surface area contributed by atoms with Gasteiger partial charge in [-0.25, -0.2) is 0 Å². The average Bonchev–Trinajstić information content (AvgIpc) is 2.71. The molecule has 1 heterocycles. The van der Waals surface area contributed by atoms with Crippen molar-refractivity contribution >= 4 is 0 Å². The van der Waals surface area contributed by atoms with Gasteiger partial charge in [0, 0.05) is 25.2 Å². The van der Waals surface area contributed by atoms with Gasteiger partial charge in [0.1, 0.15) is 0 Å². The summed E-state index contributed by atoms with van der Waals surface area (Å²) in [4.78, 5) is 2.67. The number of hydrogen-bond donors (Lipinski definition) is 1. The molecule has 118 valence electrons. The lowest BCUT2D eigenvalue weighted by molar-refractivity contribution is -0.0733. The molecular formula is C17H34N2O. The molecule has 2 N–H and O–H groups in total. The van der Waals surface area contributed by atoms with E-state index in [1.807, 2.05) is 0 Å². The lowest BCUT2D eigenvalue weighted by atomic mass is 9.85. The molecule has 0 spiro atoms. The van der Waals surface area contributed by atoms with E-state index in [1.165, 1.54) is 32.1 Å². The van der Waals surface area contributed by atoms with Gasteiger partial charge in [-0.05, 0) is 37.5 Å². The lowest BCUT2D eigenvalue weighted by Gasteiger charge is -2.47. The van der Waals surface area contributed by atoms with E-state index >= 15 is 0 Å². The normalized spacial score (nSPS) is 37.0. The van der Waals surface area contributed by atoms with E-state index in [-0.39, 0.29) is 5.54 Å². The van der Waals surface area contributed by atoms with Gasteiger partial charge in [0.15, 0.2) is 0 Å². The average molecular weight is 282 g/mol. The molecule has 0 radical (unpaired) electrons. The van der Waals surface area contributed by atoms with Crippen molar-refractivity contribution in [1.82, 2.24) is 4.90 Å². The summed E-state index contributed by atoms with van der Waals surface area (Å²) in [6.07, 6.45) is 8.17. The zero-order chi connectivity index (χ0) is 14.6. The molecule has 3 heteroatoms. The topological polar surface area (TPSA) is 38.5 Å². The van der Waals surface area contributed by atoms with Crippen LogP contribution in [0.4, 0.5) is 0 Å². The predicted molar refractivity (Wildman–Crippen MR) is 84.8 cm³/mol. The second-order valence-corrected chi connectivity index (χ2v) is 7.21. The Balaban J connectivity index is 2.04. The Morgan fingerprint density at radius 1 is 1.30 bits per heavy atom. The van der Waals surface area contributed by atoms with Crippen molar-refractivity contribution in [3.8, 4) is 0 Å². The summed E-state index contributed by atoms with van der Waals surface area (Å²) in [5, 5.41) is 0. The van der Waals surface area contributed by atoms with E-state index in [0.29, 0.717) is 6.10 Å². The van der Waals surface area contributed by atoms with E-state index < -0.39 is 0 Å². The summed E-state index contributed by atoms with van der Waals surface area (Å²) in [5.41, 5.74) is 6.52. The van der Waals surface area contributed by atoms with Crippen LogP contribution >= 0.6 is 0 Å². The van der Waals surface area contributed by atoms with Gasteiger partial charge in [-0.3, -0.25) is 4.90 Å². The van der Waals surface area contributed by atoms with Gasteiger partial charge in [-0.1, -0.05) is 33.6 Å². The van der Waals surface area contributed by atoms with Crippen molar-refractivity contribution in [2.45, 2.75) is 70.9 Å². The molecule has 1 saturated carbocycles. The number of ether oxygens (including phenoxy) is 1. The van der Waals surface area contributed by atoms with E-state index in [0.717, 1.165) is 44.5 Å². The first-order valence-electron chi connectivity index (χ1n) is 8.68. The van der Waals surface area contributed by atoms with Gasteiger partial charge < -0.3 is 10.5 Å². The number of morpholine rings is 1. The summed E-state index contributed by atoms with van der Waals surface area (Å²) in [5.74, 6) is 1.71. The van der Waals surface area contributed by atoms with Crippen LogP contribution in [0.3, 0.4) is 0 Å². The molecule has 3 unspecified atom stereocenters. The minimum Gasteiger partial charge on any atom is -0.376 e. The summed E-state index contributed by atoms with van der Waals surface area (Å²) in [6.45, 7) is 10.8. The fourth-order valence-electron chi connectivity index (χ4n) is 4.13. The van der Waals surface area contributed by atoms with Crippen molar-refractivity contribution in [2.75, 3.05) is 26.2 Å². The molecule has 0 aromatic heterocycles. The van der Waals surface area contributed by atoms with Crippen LogP contribution in [0, 0.1) is 11.8 Å². The highest BCUT2D eigenvalue weighted by Crippen LogP contribution is 2.37. The van der Waals surface area contributed by atoms with Crippen LogP contribution in [0.15, 0.2) is 0 Å². The Morgan fingerprint density at radius 3 is 2.75 bits per heavy atom. The Kier molecular flexibility index (Phi) is 5.88. The number of hydrogen-bond acceptors (Lipinski definition) is 3. The molecule has 1 aliphatic carbocycles. The molecule has 2 fully saturated rings. The van der Waals surface area contributed by atoms with Gasteiger partial charge >= 0.3 is 0 Å². The molecule has 2 rings (SSSR count). The Labute approximate surface area is 125 Å². The predicted octanol–water partition coefficient (Wildman–Crippen LogP) is 3.03. The zero-order valence-corrected chi connectivity index (χ0v) is 13.7. The fourth-order valence-corrected chi connectivity index (χ4v) is 4.13. The first kappa shape index (κ1) is 16.3. The van der Waals surface area contributed by atoms with Crippen molar-refractivity contribution in [1.29, 1.82) is 0 Å². The maximum atomic E-state index is 6.26. The molecular weight excluding hydrogens is 248 g/mol. The molecule has 0 amide bonds. The zero-order valence-electron chi connectivity index (χ0n) is 13.7. The SMILES string of the molecule is CCC1CN(C2(CN)CCCC(C(C)C)CC2)CCO1. The third kappa shape index (κ3) is 3.55. The summed E-state index contributed by atoms with van der Waals surface area (Å²) in [6, 6.07) is 0. The van der Waals surface area contributed by atoms with Crippen LogP contribution in [-0.2, 0) is 4.74 Å². The quantitative estimate of drug-likeness (QED) is 0.806. The second kappa shape index (κ2) is 7.24. The Hall–Kier alpha value is -0.120. The summed E-state index contributed by atoms with van der Waals surface area (Å²) < 4.78 is 5.85. The number of rotatable bonds is 4. The van der Waals surface area contributed by atoms with Crippen molar-refractivity contribution < 1.29 is 4.74 Å². The van der Waals surface area contributed by atoms with Crippen LogP contribution in [0.25, 0.3) is 0 Å². The first-order valence-corrected chi connectivity index (χ1v) is 8.68. The Bertz CT molecular complexity index is 295. The molecule has 0 bridgehead atoms. The van der Waals surface area contributed by atoms with Gasteiger partial charge in [-0.2, -0.15) is 0 Å². The standard InChI is InChI=1S/C17H34N2O/c1-4-16-12-19(10-11-20-16)17(13-18)8-5-6-15(7-9-17)14(2)3/h14-16H,4-13,18H2,1-3H3. The smallest absolute Gasteiger partial charge is 0.0700 e. The minimum atomic E-state index is 0.251. The lowest BCUT2D eigenvalue weighted by Crippen LogP contribution is -2.59. The number of nitrogens with zero attached hydrogens (tertiary/aromatic N) is 1. The van der Waals surface area contributed by atoms with Crippen LogP contribution in [0.2, 0.25) is 0 Å².